The van der Waals surface area contributed by atoms with Crippen LogP contribution in [0.4, 0.5) is 0 Å². The second-order valence-corrected chi connectivity index (χ2v) is 7.41. The third-order valence-electron chi connectivity index (χ3n) is 4.58. The van der Waals surface area contributed by atoms with Crippen LogP contribution in [-0.2, 0) is 0 Å². The molecule has 1 aliphatic carbocycles. The Morgan fingerprint density at radius 1 is 1.14 bits per heavy atom. The molecule has 2 atom stereocenters. The summed E-state index contributed by atoms with van der Waals surface area (Å²) in [5.74, 6) is 2.38. The van der Waals surface area contributed by atoms with Gasteiger partial charge in [0.1, 0.15) is 5.75 Å². The van der Waals surface area contributed by atoms with E-state index in [4.69, 9.17) is 4.74 Å². The molecule has 0 amide bonds. The van der Waals surface area contributed by atoms with Crippen LogP contribution in [0.15, 0.2) is 24.3 Å². The van der Waals surface area contributed by atoms with Crippen molar-refractivity contribution < 1.29 is 4.74 Å². The maximum absolute atomic E-state index is 5.41. The summed E-state index contributed by atoms with van der Waals surface area (Å²) in [6.45, 7) is 7.88. The van der Waals surface area contributed by atoms with Crippen molar-refractivity contribution in [3.8, 4) is 5.75 Å². The average Bonchev–Trinajstić information content (AvgIpc) is 2.69. The van der Waals surface area contributed by atoms with Gasteiger partial charge in [0.2, 0.25) is 0 Å². The third kappa shape index (κ3) is 5.03. The first-order valence-corrected chi connectivity index (χ1v) is 8.38. The van der Waals surface area contributed by atoms with Gasteiger partial charge in [0.15, 0.2) is 0 Å². The first kappa shape index (κ1) is 16.4. The zero-order chi connectivity index (χ0) is 15.3. The van der Waals surface area contributed by atoms with Gasteiger partial charge in [-0.05, 0) is 69.7 Å². The molecule has 21 heavy (non-hydrogen) atoms. The van der Waals surface area contributed by atoms with Crippen LogP contribution < -0.4 is 10.1 Å². The lowest BCUT2D eigenvalue weighted by Crippen LogP contribution is -2.40. The van der Waals surface area contributed by atoms with Gasteiger partial charge in [-0.2, -0.15) is 0 Å². The quantitative estimate of drug-likeness (QED) is 0.808. The smallest absolute Gasteiger partial charge is 0.119 e. The molecule has 1 saturated carbocycles. The molecule has 2 rings (SSSR count). The van der Waals surface area contributed by atoms with E-state index in [1.165, 1.54) is 37.7 Å². The number of hydrogen-bond donors (Lipinski definition) is 1. The summed E-state index contributed by atoms with van der Waals surface area (Å²) >= 11 is 0. The highest BCUT2D eigenvalue weighted by Gasteiger charge is 2.26. The van der Waals surface area contributed by atoms with Gasteiger partial charge < -0.3 is 10.1 Å². The van der Waals surface area contributed by atoms with Crippen molar-refractivity contribution in [2.45, 2.75) is 64.3 Å². The second kappa shape index (κ2) is 7.31. The van der Waals surface area contributed by atoms with Gasteiger partial charge in [-0.25, -0.2) is 0 Å². The lowest BCUT2D eigenvalue weighted by molar-refractivity contribution is 0.321. The predicted octanol–water partition coefficient (Wildman–Crippen LogP) is 4.75. The average molecular weight is 289 g/mol. The van der Waals surface area contributed by atoms with Crippen LogP contribution in [0.25, 0.3) is 0 Å². The number of benzene rings is 1. The molecule has 1 fully saturated rings. The minimum atomic E-state index is 0.200. The van der Waals surface area contributed by atoms with Crippen LogP contribution in [0.2, 0.25) is 0 Å². The Balaban J connectivity index is 2.14. The fraction of sp³-hybridized carbons (Fsp3) is 0.684. The molecule has 1 N–H and O–H groups in total. The lowest BCUT2D eigenvalue weighted by atomic mass is 9.82. The molecule has 0 aromatic heterocycles. The van der Waals surface area contributed by atoms with Gasteiger partial charge in [-0.3, -0.25) is 0 Å². The number of nitrogens with one attached hydrogen (secondary N) is 1. The van der Waals surface area contributed by atoms with Crippen molar-refractivity contribution in [3.05, 3.63) is 29.8 Å². The van der Waals surface area contributed by atoms with Crippen LogP contribution in [0.5, 0.6) is 5.75 Å². The van der Waals surface area contributed by atoms with Gasteiger partial charge in [-0.1, -0.05) is 31.4 Å². The third-order valence-corrected chi connectivity index (χ3v) is 4.58. The molecule has 0 saturated heterocycles. The highest BCUT2D eigenvalue weighted by molar-refractivity contribution is 5.31. The van der Waals surface area contributed by atoms with Crippen LogP contribution in [0.3, 0.4) is 0 Å². The SMILES string of the molecule is COc1cccc(C2CCCCCC2CNC(C)(C)C)c1. The maximum Gasteiger partial charge on any atom is 0.119 e. The van der Waals surface area contributed by atoms with Crippen molar-refractivity contribution in [2.75, 3.05) is 13.7 Å². The second-order valence-electron chi connectivity index (χ2n) is 7.41. The van der Waals surface area contributed by atoms with E-state index in [0.717, 1.165) is 18.2 Å². The zero-order valence-corrected chi connectivity index (χ0v) is 14.1. The molecular weight excluding hydrogens is 258 g/mol. The van der Waals surface area contributed by atoms with E-state index in [0.29, 0.717) is 5.92 Å². The van der Waals surface area contributed by atoms with E-state index in [2.05, 4.69) is 44.3 Å². The highest BCUT2D eigenvalue weighted by atomic mass is 16.5. The normalized spacial score (nSPS) is 23.6. The van der Waals surface area contributed by atoms with Gasteiger partial charge in [0, 0.05) is 5.54 Å². The van der Waals surface area contributed by atoms with Gasteiger partial charge >= 0.3 is 0 Å². The highest BCUT2D eigenvalue weighted by Crippen LogP contribution is 2.37. The number of methoxy groups -OCH3 is 1. The lowest BCUT2D eigenvalue weighted by Gasteiger charge is -2.30. The predicted molar refractivity (Wildman–Crippen MR) is 90.1 cm³/mol. The van der Waals surface area contributed by atoms with Crippen LogP contribution in [0.1, 0.15) is 64.4 Å². The summed E-state index contributed by atoms with van der Waals surface area (Å²) in [5.41, 5.74) is 1.66. The summed E-state index contributed by atoms with van der Waals surface area (Å²) < 4.78 is 5.41. The van der Waals surface area contributed by atoms with Crippen LogP contribution in [0, 0.1) is 5.92 Å². The molecule has 0 spiro atoms. The first-order valence-electron chi connectivity index (χ1n) is 8.38. The van der Waals surface area contributed by atoms with Crippen molar-refractivity contribution in [2.24, 2.45) is 5.92 Å². The molecule has 0 aliphatic heterocycles. The minimum Gasteiger partial charge on any atom is -0.497 e. The van der Waals surface area contributed by atoms with Crippen LogP contribution >= 0.6 is 0 Å². The van der Waals surface area contributed by atoms with Crippen molar-refractivity contribution >= 4 is 0 Å². The standard InChI is InChI=1S/C19H31NO/c1-19(2,3)20-14-16-9-6-5-7-12-18(16)15-10-8-11-17(13-15)21-4/h8,10-11,13,16,18,20H,5-7,9,12,14H2,1-4H3. The zero-order valence-electron chi connectivity index (χ0n) is 14.1. The van der Waals surface area contributed by atoms with Crippen LogP contribution in [-0.4, -0.2) is 19.2 Å². The molecule has 2 unspecified atom stereocenters. The van der Waals surface area contributed by atoms with E-state index < -0.39 is 0 Å². The van der Waals surface area contributed by atoms with E-state index in [-0.39, 0.29) is 5.54 Å². The van der Waals surface area contributed by atoms with E-state index in [9.17, 15) is 0 Å². The van der Waals surface area contributed by atoms with Crippen molar-refractivity contribution in [1.29, 1.82) is 0 Å². The summed E-state index contributed by atoms with van der Waals surface area (Å²) in [6.07, 6.45) is 6.76. The van der Waals surface area contributed by atoms with Gasteiger partial charge in [0.25, 0.3) is 0 Å². The molecule has 2 nitrogen and oxygen atoms in total. The Labute approximate surface area is 130 Å². The van der Waals surface area contributed by atoms with Crippen molar-refractivity contribution in [1.82, 2.24) is 5.32 Å². The number of hydrogen-bond acceptors (Lipinski definition) is 2. The summed E-state index contributed by atoms with van der Waals surface area (Å²) in [4.78, 5) is 0. The summed E-state index contributed by atoms with van der Waals surface area (Å²) in [6, 6.07) is 8.69. The van der Waals surface area contributed by atoms with E-state index >= 15 is 0 Å². The van der Waals surface area contributed by atoms with E-state index in [1.54, 1.807) is 7.11 Å². The van der Waals surface area contributed by atoms with E-state index in [1.807, 2.05) is 6.07 Å². The molecule has 1 aliphatic rings. The molecular formula is C19H31NO. The Bertz CT molecular complexity index is 435. The fourth-order valence-electron chi connectivity index (χ4n) is 3.38. The molecule has 0 heterocycles. The Morgan fingerprint density at radius 2 is 1.90 bits per heavy atom. The minimum absolute atomic E-state index is 0.200. The van der Waals surface area contributed by atoms with Gasteiger partial charge in [0.05, 0.1) is 7.11 Å². The molecule has 2 heteroatoms. The maximum atomic E-state index is 5.41. The molecule has 118 valence electrons. The molecule has 0 radical (unpaired) electrons. The Hall–Kier alpha value is -1.02. The number of ether oxygens (including phenoxy) is 1. The molecule has 1 aromatic rings. The largest absolute Gasteiger partial charge is 0.497 e. The fourth-order valence-corrected chi connectivity index (χ4v) is 3.38. The monoisotopic (exact) mass is 289 g/mol. The Morgan fingerprint density at radius 3 is 2.62 bits per heavy atom. The number of rotatable bonds is 4. The van der Waals surface area contributed by atoms with Gasteiger partial charge in [-0.15, -0.1) is 0 Å². The Kier molecular flexibility index (Phi) is 5.69. The molecule has 1 aromatic carbocycles. The summed E-state index contributed by atoms with van der Waals surface area (Å²) in [7, 11) is 1.75. The first-order chi connectivity index (χ1) is 9.99. The topological polar surface area (TPSA) is 21.3 Å². The summed E-state index contributed by atoms with van der Waals surface area (Å²) in [5, 5.41) is 3.72. The molecule has 0 bridgehead atoms. The van der Waals surface area contributed by atoms with Crippen molar-refractivity contribution in [3.63, 3.8) is 0 Å².